The molecule has 0 atom stereocenters. The number of morpholine rings is 1. The van der Waals surface area contributed by atoms with Gasteiger partial charge in [-0.15, -0.1) is 37.2 Å². The van der Waals surface area contributed by atoms with Crippen LogP contribution in [0.5, 0.6) is 0 Å². The Morgan fingerprint density at radius 2 is 1.58 bits per heavy atom. The molecule has 26 heavy (non-hydrogen) atoms. The van der Waals surface area contributed by atoms with E-state index in [0.29, 0.717) is 6.54 Å². The zero-order valence-electron chi connectivity index (χ0n) is 14.8. The summed E-state index contributed by atoms with van der Waals surface area (Å²) in [5.41, 5.74) is 2.14. The molecule has 2 aliphatic rings. The van der Waals surface area contributed by atoms with Crippen molar-refractivity contribution in [3.05, 3.63) is 29.8 Å². The molecule has 0 unspecified atom stereocenters. The van der Waals surface area contributed by atoms with Crippen molar-refractivity contribution in [1.29, 1.82) is 0 Å². The van der Waals surface area contributed by atoms with Gasteiger partial charge in [-0.1, -0.05) is 12.1 Å². The minimum Gasteiger partial charge on any atom is -0.379 e. The molecule has 1 aromatic rings. The summed E-state index contributed by atoms with van der Waals surface area (Å²) < 4.78 is 5.37. The van der Waals surface area contributed by atoms with Crippen molar-refractivity contribution < 1.29 is 9.53 Å². The van der Waals surface area contributed by atoms with Crippen LogP contribution in [0.15, 0.2) is 24.3 Å². The Labute approximate surface area is 174 Å². The Balaban J connectivity index is 0.00000208. The molecule has 0 radical (unpaired) electrons. The van der Waals surface area contributed by atoms with Crippen LogP contribution in [0.2, 0.25) is 0 Å². The third-order valence-electron chi connectivity index (χ3n) is 4.32. The van der Waals surface area contributed by atoms with Crippen molar-refractivity contribution in [2.45, 2.75) is 6.54 Å². The molecule has 6 nitrogen and oxygen atoms in total. The minimum absolute atomic E-state index is 0. The van der Waals surface area contributed by atoms with E-state index < -0.39 is 0 Å². The number of amides is 1. The van der Waals surface area contributed by atoms with Crippen LogP contribution >= 0.6 is 37.2 Å². The molecular formula is C17H29Cl3N4O2. The Hall–Kier alpha value is -0.600. The minimum atomic E-state index is 0. The van der Waals surface area contributed by atoms with Crippen LogP contribution in [-0.4, -0.2) is 74.7 Å². The number of nitrogens with zero attached hydrogens (tertiary/aromatic N) is 2. The highest BCUT2D eigenvalue weighted by Gasteiger charge is 2.14. The zero-order valence-corrected chi connectivity index (χ0v) is 17.3. The molecule has 2 heterocycles. The van der Waals surface area contributed by atoms with Gasteiger partial charge in [0.2, 0.25) is 5.91 Å². The fourth-order valence-electron chi connectivity index (χ4n) is 2.98. The van der Waals surface area contributed by atoms with Crippen LogP contribution in [0.25, 0.3) is 0 Å². The average molecular weight is 428 g/mol. The summed E-state index contributed by atoms with van der Waals surface area (Å²) in [5, 5.41) is 6.28. The molecule has 9 heteroatoms. The van der Waals surface area contributed by atoms with E-state index in [1.54, 1.807) is 0 Å². The van der Waals surface area contributed by atoms with Crippen LogP contribution in [0.4, 0.5) is 5.69 Å². The second-order valence-electron chi connectivity index (χ2n) is 6.16. The predicted molar refractivity (Wildman–Crippen MR) is 112 cm³/mol. The first-order chi connectivity index (χ1) is 11.3. The molecule has 0 spiro atoms. The highest BCUT2D eigenvalue weighted by molar-refractivity contribution is 5.92. The van der Waals surface area contributed by atoms with Crippen molar-refractivity contribution in [3.8, 4) is 0 Å². The summed E-state index contributed by atoms with van der Waals surface area (Å²) >= 11 is 0. The van der Waals surface area contributed by atoms with Gasteiger partial charge in [-0.3, -0.25) is 14.6 Å². The number of rotatable bonds is 5. The molecule has 150 valence electrons. The Morgan fingerprint density at radius 1 is 0.962 bits per heavy atom. The van der Waals surface area contributed by atoms with Crippen molar-refractivity contribution in [2.75, 3.05) is 64.3 Å². The molecule has 2 saturated heterocycles. The number of hydrogen-bond donors (Lipinski definition) is 2. The van der Waals surface area contributed by atoms with Gasteiger partial charge in [-0.25, -0.2) is 0 Å². The molecule has 1 amide bonds. The van der Waals surface area contributed by atoms with Crippen molar-refractivity contribution in [1.82, 2.24) is 15.1 Å². The van der Waals surface area contributed by atoms with Crippen molar-refractivity contribution >= 4 is 48.8 Å². The van der Waals surface area contributed by atoms with E-state index in [9.17, 15) is 4.79 Å². The Morgan fingerprint density at radius 3 is 2.19 bits per heavy atom. The molecule has 0 saturated carbocycles. The third-order valence-corrected chi connectivity index (χ3v) is 4.32. The fraction of sp³-hybridized carbons (Fsp3) is 0.588. The summed E-state index contributed by atoms with van der Waals surface area (Å²) in [4.78, 5) is 16.7. The maximum Gasteiger partial charge on any atom is 0.238 e. The van der Waals surface area contributed by atoms with Crippen LogP contribution in [0.3, 0.4) is 0 Å². The van der Waals surface area contributed by atoms with E-state index >= 15 is 0 Å². The molecule has 0 bridgehead atoms. The molecule has 0 aromatic heterocycles. The quantitative estimate of drug-likeness (QED) is 0.748. The Kier molecular flexibility index (Phi) is 13.2. The second-order valence-corrected chi connectivity index (χ2v) is 6.16. The van der Waals surface area contributed by atoms with E-state index in [-0.39, 0.29) is 43.1 Å². The van der Waals surface area contributed by atoms with E-state index in [4.69, 9.17) is 4.74 Å². The molecule has 2 aliphatic heterocycles. The number of ether oxygens (including phenoxy) is 1. The van der Waals surface area contributed by atoms with Gasteiger partial charge in [0, 0.05) is 51.5 Å². The highest BCUT2D eigenvalue weighted by atomic mass is 35.5. The summed E-state index contributed by atoms with van der Waals surface area (Å²) in [6, 6.07) is 8.17. The molecule has 2 N–H and O–H groups in total. The number of hydrogen-bond acceptors (Lipinski definition) is 5. The molecule has 0 aliphatic carbocycles. The fourth-order valence-corrected chi connectivity index (χ4v) is 2.98. The lowest BCUT2D eigenvalue weighted by Gasteiger charge is -2.27. The number of carbonyl (C=O) groups is 1. The molecule has 1 aromatic carbocycles. The van der Waals surface area contributed by atoms with Gasteiger partial charge in [0.05, 0.1) is 19.8 Å². The average Bonchev–Trinajstić information content (AvgIpc) is 2.58. The molecule has 3 rings (SSSR count). The van der Waals surface area contributed by atoms with E-state index in [2.05, 4.69) is 32.6 Å². The first kappa shape index (κ1) is 25.4. The zero-order chi connectivity index (χ0) is 15.9. The standard InChI is InChI=1S/C17H26N4O2.3ClH/c22-17(14-20-7-5-18-6-8-20)19-16-3-1-15(2-4-16)13-21-9-11-23-12-10-21;;;/h1-4,18H,5-14H2,(H,19,22);3*1H. The highest BCUT2D eigenvalue weighted by Crippen LogP contribution is 2.12. The summed E-state index contributed by atoms with van der Waals surface area (Å²) in [6.07, 6.45) is 0. The van der Waals surface area contributed by atoms with Gasteiger partial charge in [0.1, 0.15) is 0 Å². The predicted octanol–water partition coefficient (Wildman–Crippen LogP) is 1.63. The van der Waals surface area contributed by atoms with Gasteiger partial charge in [-0.2, -0.15) is 0 Å². The van der Waals surface area contributed by atoms with E-state index in [1.807, 2.05) is 12.1 Å². The van der Waals surface area contributed by atoms with Gasteiger partial charge in [0.25, 0.3) is 0 Å². The molecule has 2 fully saturated rings. The lowest BCUT2D eigenvalue weighted by molar-refractivity contribution is -0.117. The lowest BCUT2D eigenvalue weighted by atomic mass is 10.2. The summed E-state index contributed by atoms with van der Waals surface area (Å²) in [6.45, 7) is 8.83. The van der Waals surface area contributed by atoms with Crippen molar-refractivity contribution in [3.63, 3.8) is 0 Å². The van der Waals surface area contributed by atoms with Crippen LogP contribution in [0, 0.1) is 0 Å². The number of piperazine rings is 1. The number of carbonyl (C=O) groups excluding carboxylic acids is 1. The number of anilines is 1. The molecular weight excluding hydrogens is 399 g/mol. The smallest absolute Gasteiger partial charge is 0.238 e. The normalized spacial score (nSPS) is 18.0. The van der Waals surface area contributed by atoms with Gasteiger partial charge >= 0.3 is 0 Å². The lowest BCUT2D eigenvalue weighted by Crippen LogP contribution is -2.46. The monoisotopic (exact) mass is 426 g/mol. The first-order valence-corrected chi connectivity index (χ1v) is 8.41. The van der Waals surface area contributed by atoms with Crippen LogP contribution in [0.1, 0.15) is 5.56 Å². The van der Waals surface area contributed by atoms with E-state index in [1.165, 1.54) is 5.56 Å². The maximum absolute atomic E-state index is 12.1. The number of halogens is 3. The number of benzene rings is 1. The Bertz CT molecular complexity index is 507. The second kappa shape index (κ2) is 13.6. The van der Waals surface area contributed by atoms with Gasteiger partial charge in [0.15, 0.2) is 0 Å². The van der Waals surface area contributed by atoms with Crippen LogP contribution < -0.4 is 10.6 Å². The van der Waals surface area contributed by atoms with Gasteiger partial charge in [-0.05, 0) is 17.7 Å². The van der Waals surface area contributed by atoms with Crippen molar-refractivity contribution in [2.24, 2.45) is 0 Å². The third kappa shape index (κ3) is 8.39. The summed E-state index contributed by atoms with van der Waals surface area (Å²) in [7, 11) is 0. The van der Waals surface area contributed by atoms with Gasteiger partial charge < -0.3 is 15.4 Å². The maximum atomic E-state index is 12.1. The first-order valence-electron chi connectivity index (χ1n) is 8.41. The van der Waals surface area contributed by atoms with E-state index in [0.717, 1.165) is 64.7 Å². The number of nitrogens with one attached hydrogen (secondary N) is 2. The SMILES string of the molecule is Cl.Cl.Cl.O=C(CN1CCNCC1)Nc1ccc(CN2CCOCC2)cc1. The summed E-state index contributed by atoms with van der Waals surface area (Å²) in [5.74, 6) is 0.0628. The topological polar surface area (TPSA) is 56.8 Å². The van der Waals surface area contributed by atoms with Crippen LogP contribution in [-0.2, 0) is 16.1 Å². The largest absolute Gasteiger partial charge is 0.379 e.